The number of likely N-dealkylation sites (N-methyl/N-ethyl adjacent to an activating group) is 1. The van der Waals surface area contributed by atoms with Crippen molar-refractivity contribution in [3.63, 3.8) is 0 Å². The van der Waals surface area contributed by atoms with E-state index in [0.717, 1.165) is 37.3 Å². The van der Waals surface area contributed by atoms with E-state index in [2.05, 4.69) is 60.5 Å². The van der Waals surface area contributed by atoms with Crippen LogP contribution in [0.4, 0.5) is 0 Å². The lowest BCUT2D eigenvalue weighted by molar-refractivity contribution is 0.0872. The van der Waals surface area contributed by atoms with Crippen LogP contribution in [0.3, 0.4) is 0 Å². The summed E-state index contributed by atoms with van der Waals surface area (Å²) in [6.07, 6.45) is 4.48. The van der Waals surface area contributed by atoms with Gasteiger partial charge in [0.2, 0.25) is 0 Å². The molecule has 2 atom stereocenters. The van der Waals surface area contributed by atoms with E-state index in [1.54, 1.807) is 0 Å². The predicted octanol–water partition coefficient (Wildman–Crippen LogP) is 5.61. The van der Waals surface area contributed by atoms with Gasteiger partial charge in [0.1, 0.15) is 0 Å². The average molecular weight is 389 g/mol. The van der Waals surface area contributed by atoms with Gasteiger partial charge in [-0.3, -0.25) is 4.90 Å². The number of hydrogen-bond donors (Lipinski definition) is 1. The van der Waals surface area contributed by atoms with Gasteiger partial charge in [-0.15, -0.1) is 0 Å². The van der Waals surface area contributed by atoms with Crippen molar-refractivity contribution in [3.8, 4) is 11.1 Å². The maximum absolute atomic E-state index is 6.34. The molecular weight excluding hydrogens is 363 g/mol. The zero-order valence-corrected chi connectivity index (χ0v) is 16.9. The molecule has 2 aromatic carbocycles. The summed E-state index contributed by atoms with van der Waals surface area (Å²) in [6, 6.07) is 15.1. The smallest absolute Gasteiger partial charge is 0.0670 e. The van der Waals surface area contributed by atoms with E-state index in [1.807, 2.05) is 18.2 Å². The first kappa shape index (κ1) is 19.4. The maximum atomic E-state index is 6.34. The van der Waals surface area contributed by atoms with Crippen LogP contribution in [0.25, 0.3) is 11.1 Å². The lowest BCUT2D eigenvalue weighted by atomic mass is 9.83. The van der Waals surface area contributed by atoms with E-state index in [0.29, 0.717) is 22.0 Å². The van der Waals surface area contributed by atoms with Gasteiger partial charge in [-0.05, 0) is 30.7 Å². The quantitative estimate of drug-likeness (QED) is 0.489. The zero-order chi connectivity index (χ0) is 18.5. The van der Waals surface area contributed by atoms with Gasteiger partial charge in [0.25, 0.3) is 0 Å². The van der Waals surface area contributed by atoms with Crippen molar-refractivity contribution in [2.24, 2.45) is 0 Å². The van der Waals surface area contributed by atoms with Crippen molar-refractivity contribution < 1.29 is 0 Å². The first-order valence-corrected chi connectivity index (χ1v) is 10.0. The van der Waals surface area contributed by atoms with Crippen LogP contribution in [0, 0.1) is 0 Å². The maximum Gasteiger partial charge on any atom is 0.0670 e. The van der Waals surface area contributed by atoms with E-state index in [9.17, 15) is 0 Å². The van der Waals surface area contributed by atoms with Crippen molar-refractivity contribution in [1.82, 2.24) is 10.2 Å². The van der Waals surface area contributed by atoms with Crippen molar-refractivity contribution in [2.45, 2.75) is 25.8 Å². The van der Waals surface area contributed by atoms with E-state index >= 15 is 0 Å². The van der Waals surface area contributed by atoms with Gasteiger partial charge in [0.15, 0.2) is 0 Å². The molecule has 0 aliphatic carbocycles. The van der Waals surface area contributed by atoms with Crippen LogP contribution in [0.5, 0.6) is 0 Å². The monoisotopic (exact) mass is 388 g/mol. The molecule has 4 heteroatoms. The molecular formula is C22H26Cl2N2. The molecule has 26 heavy (non-hydrogen) atoms. The summed E-state index contributed by atoms with van der Waals surface area (Å²) in [5.74, 6) is 0.598. The third-order valence-electron chi connectivity index (χ3n) is 5.21. The molecule has 0 spiro atoms. The van der Waals surface area contributed by atoms with Crippen LogP contribution in [-0.4, -0.2) is 37.1 Å². The van der Waals surface area contributed by atoms with Gasteiger partial charge in [-0.25, -0.2) is 0 Å². The second-order valence-corrected chi connectivity index (χ2v) is 7.59. The van der Waals surface area contributed by atoms with E-state index in [4.69, 9.17) is 23.2 Å². The minimum absolute atomic E-state index is 0.569. The van der Waals surface area contributed by atoms with E-state index < -0.39 is 0 Å². The molecule has 2 nitrogen and oxygen atoms in total. The molecule has 1 aliphatic heterocycles. The molecule has 0 saturated carbocycles. The van der Waals surface area contributed by atoms with Crippen LogP contribution >= 0.6 is 23.2 Å². The van der Waals surface area contributed by atoms with Crippen LogP contribution in [0.1, 0.15) is 25.3 Å². The van der Waals surface area contributed by atoms with Crippen molar-refractivity contribution in [2.75, 3.05) is 26.2 Å². The molecule has 1 saturated heterocycles. The molecule has 1 fully saturated rings. The Morgan fingerprint density at radius 1 is 1.12 bits per heavy atom. The largest absolute Gasteiger partial charge is 0.314 e. The molecule has 0 bridgehead atoms. The summed E-state index contributed by atoms with van der Waals surface area (Å²) >= 11 is 12.5. The molecule has 0 aromatic heterocycles. The summed E-state index contributed by atoms with van der Waals surface area (Å²) < 4.78 is 0. The number of benzene rings is 2. The Morgan fingerprint density at radius 3 is 2.58 bits per heavy atom. The van der Waals surface area contributed by atoms with Gasteiger partial charge in [-0.2, -0.15) is 0 Å². The fourth-order valence-corrected chi connectivity index (χ4v) is 3.88. The van der Waals surface area contributed by atoms with Crippen molar-refractivity contribution >= 4 is 23.2 Å². The normalized spacial score (nSPS) is 20.5. The average Bonchev–Trinajstić information content (AvgIpc) is 2.66. The SMILES string of the molecule is CCNC/C=C\CN1CC(c2ccc(-c3cccc(Cl)c3Cl)cc2)[C@H]1C. The second kappa shape index (κ2) is 9.05. The number of halogens is 2. The number of likely N-dealkylation sites (tertiary alicyclic amines) is 1. The summed E-state index contributed by atoms with van der Waals surface area (Å²) in [7, 11) is 0. The van der Waals surface area contributed by atoms with Gasteiger partial charge in [0, 0.05) is 37.2 Å². The van der Waals surface area contributed by atoms with Gasteiger partial charge >= 0.3 is 0 Å². The molecule has 3 rings (SSSR count). The highest BCUT2D eigenvalue weighted by atomic mass is 35.5. The highest BCUT2D eigenvalue weighted by Crippen LogP contribution is 2.37. The first-order chi connectivity index (χ1) is 12.6. The summed E-state index contributed by atoms with van der Waals surface area (Å²) in [5, 5.41) is 4.52. The minimum atomic E-state index is 0.569. The summed E-state index contributed by atoms with van der Waals surface area (Å²) in [5.41, 5.74) is 3.49. The molecule has 138 valence electrons. The Labute approximate surface area is 166 Å². The van der Waals surface area contributed by atoms with Gasteiger partial charge in [-0.1, -0.05) is 78.7 Å². The van der Waals surface area contributed by atoms with Crippen LogP contribution in [0.15, 0.2) is 54.6 Å². The Hall–Kier alpha value is -1.32. The molecule has 1 heterocycles. The topological polar surface area (TPSA) is 15.3 Å². The minimum Gasteiger partial charge on any atom is -0.314 e. The first-order valence-electron chi connectivity index (χ1n) is 9.26. The number of rotatable bonds is 7. The highest BCUT2D eigenvalue weighted by Gasteiger charge is 2.35. The van der Waals surface area contributed by atoms with Crippen LogP contribution in [0.2, 0.25) is 10.0 Å². The van der Waals surface area contributed by atoms with E-state index in [-0.39, 0.29) is 0 Å². The zero-order valence-electron chi connectivity index (χ0n) is 15.4. The second-order valence-electron chi connectivity index (χ2n) is 6.80. The molecule has 0 radical (unpaired) electrons. The number of nitrogens with zero attached hydrogens (tertiary/aromatic N) is 1. The number of hydrogen-bond acceptors (Lipinski definition) is 2. The molecule has 0 amide bonds. The van der Waals surface area contributed by atoms with Crippen molar-refractivity contribution in [3.05, 3.63) is 70.2 Å². The Kier molecular flexibility index (Phi) is 6.77. The summed E-state index contributed by atoms with van der Waals surface area (Å²) in [4.78, 5) is 2.51. The molecule has 1 N–H and O–H groups in total. The standard InChI is InChI=1S/C22H26Cl2N2/c1-3-25-13-4-5-14-26-15-20(16(26)2)18-11-9-17(10-12-18)19-7-6-8-21(23)22(19)24/h4-12,16,20,25H,3,13-15H2,1-2H3/b5-4-/t16-,20?/m1/s1. The third kappa shape index (κ3) is 4.32. The van der Waals surface area contributed by atoms with Crippen LogP contribution < -0.4 is 5.32 Å². The predicted molar refractivity (Wildman–Crippen MR) is 113 cm³/mol. The fraction of sp³-hybridized carbons (Fsp3) is 0.364. The Balaban J connectivity index is 1.60. The third-order valence-corrected chi connectivity index (χ3v) is 6.03. The van der Waals surface area contributed by atoms with Gasteiger partial charge < -0.3 is 5.32 Å². The molecule has 2 aromatic rings. The van der Waals surface area contributed by atoms with Gasteiger partial charge in [0.05, 0.1) is 10.0 Å². The lowest BCUT2D eigenvalue weighted by Gasteiger charge is -2.46. The highest BCUT2D eigenvalue weighted by molar-refractivity contribution is 6.43. The molecule has 1 aliphatic rings. The number of nitrogens with one attached hydrogen (secondary N) is 1. The van der Waals surface area contributed by atoms with E-state index in [1.165, 1.54) is 5.56 Å². The van der Waals surface area contributed by atoms with Crippen molar-refractivity contribution in [1.29, 1.82) is 0 Å². The lowest BCUT2D eigenvalue weighted by Crippen LogP contribution is -2.52. The van der Waals surface area contributed by atoms with Crippen LogP contribution in [-0.2, 0) is 0 Å². The fourth-order valence-electron chi connectivity index (χ4n) is 3.47. The Bertz CT molecular complexity index is 755. The Morgan fingerprint density at radius 2 is 1.88 bits per heavy atom. The summed E-state index contributed by atoms with van der Waals surface area (Å²) in [6.45, 7) is 8.55. The molecule has 1 unspecified atom stereocenters.